The van der Waals surface area contributed by atoms with E-state index in [0.29, 0.717) is 22.0 Å². The van der Waals surface area contributed by atoms with E-state index in [0.717, 1.165) is 16.5 Å². The molecule has 2 heterocycles. The molecule has 1 aromatic heterocycles. The monoisotopic (exact) mass is 446 g/mol. The molecule has 3 N–H and O–H groups in total. The van der Waals surface area contributed by atoms with Crippen molar-refractivity contribution in [3.05, 3.63) is 18.2 Å². The van der Waals surface area contributed by atoms with Crippen LogP contribution in [0, 0.1) is 0 Å². The molecular formula is C17H17F3N4O3S2. The Bertz CT molecular complexity index is 932. The van der Waals surface area contributed by atoms with Gasteiger partial charge in [0.2, 0.25) is 17.7 Å². The van der Waals surface area contributed by atoms with Gasteiger partial charge in [0.05, 0.1) is 23.2 Å². The molecule has 2 aromatic rings. The minimum absolute atomic E-state index is 0.103. The first-order valence-electron chi connectivity index (χ1n) is 8.67. The number of alkyl halides is 3. The summed E-state index contributed by atoms with van der Waals surface area (Å²) in [7, 11) is 0. The molecule has 12 heteroatoms. The number of nitrogens with zero attached hydrogens (tertiary/aromatic N) is 1. The van der Waals surface area contributed by atoms with Crippen LogP contribution in [-0.4, -0.2) is 47.2 Å². The predicted molar refractivity (Wildman–Crippen MR) is 104 cm³/mol. The number of anilines is 1. The maximum atomic E-state index is 12.2. The summed E-state index contributed by atoms with van der Waals surface area (Å²) in [5.74, 6) is -1.15. The average Bonchev–Trinajstić information content (AvgIpc) is 3.24. The van der Waals surface area contributed by atoms with Gasteiger partial charge in [0, 0.05) is 17.9 Å². The van der Waals surface area contributed by atoms with Crippen molar-refractivity contribution in [3.8, 4) is 0 Å². The fourth-order valence-corrected chi connectivity index (χ4v) is 4.77. The van der Waals surface area contributed by atoms with Gasteiger partial charge in [-0.15, -0.1) is 11.3 Å². The second-order valence-corrected chi connectivity index (χ2v) is 8.67. The lowest BCUT2D eigenvalue weighted by Gasteiger charge is -2.11. The highest BCUT2D eigenvalue weighted by atomic mass is 32.2. The number of carbonyl (C=O) groups is 3. The van der Waals surface area contributed by atoms with E-state index in [4.69, 9.17) is 0 Å². The number of aromatic nitrogens is 1. The molecule has 0 radical (unpaired) electrons. The molecule has 156 valence electrons. The summed E-state index contributed by atoms with van der Waals surface area (Å²) >= 11 is 2.29. The summed E-state index contributed by atoms with van der Waals surface area (Å²) in [6, 6.07) is 4.36. The van der Waals surface area contributed by atoms with E-state index < -0.39 is 30.5 Å². The van der Waals surface area contributed by atoms with Crippen molar-refractivity contribution in [2.24, 2.45) is 0 Å². The van der Waals surface area contributed by atoms with Crippen LogP contribution in [0.5, 0.6) is 0 Å². The van der Waals surface area contributed by atoms with Gasteiger partial charge >= 0.3 is 6.18 Å². The summed E-state index contributed by atoms with van der Waals surface area (Å²) in [5.41, 5.74) is 1.12. The maximum Gasteiger partial charge on any atom is 0.389 e. The van der Waals surface area contributed by atoms with E-state index in [2.05, 4.69) is 20.9 Å². The predicted octanol–water partition coefficient (Wildman–Crippen LogP) is 2.67. The minimum Gasteiger partial charge on any atom is -0.345 e. The zero-order valence-electron chi connectivity index (χ0n) is 15.0. The third-order valence-corrected chi connectivity index (χ3v) is 6.16. The first-order valence-corrected chi connectivity index (χ1v) is 10.5. The normalized spacial score (nSPS) is 16.7. The van der Waals surface area contributed by atoms with Gasteiger partial charge in [0.15, 0.2) is 4.34 Å². The van der Waals surface area contributed by atoms with Crippen molar-refractivity contribution in [2.45, 2.75) is 35.8 Å². The Kier molecular flexibility index (Phi) is 6.63. The molecule has 1 unspecified atom stereocenters. The number of carbonyl (C=O) groups excluding carboxylic acids is 3. The smallest absolute Gasteiger partial charge is 0.345 e. The van der Waals surface area contributed by atoms with Crippen molar-refractivity contribution >= 4 is 56.7 Å². The molecule has 0 saturated carbocycles. The van der Waals surface area contributed by atoms with Crippen molar-refractivity contribution < 1.29 is 27.6 Å². The molecule has 0 spiro atoms. The van der Waals surface area contributed by atoms with E-state index in [1.807, 2.05) is 0 Å². The Hall–Kier alpha value is -2.34. The zero-order valence-corrected chi connectivity index (χ0v) is 16.6. The lowest BCUT2D eigenvalue weighted by molar-refractivity contribution is -0.129. The molecule has 1 atom stereocenters. The number of amides is 3. The van der Waals surface area contributed by atoms with Gasteiger partial charge in [-0.2, -0.15) is 13.2 Å². The fraction of sp³-hybridized carbons (Fsp3) is 0.412. The van der Waals surface area contributed by atoms with E-state index in [-0.39, 0.29) is 24.6 Å². The Balaban J connectivity index is 1.51. The number of rotatable bonds is 7. The van der Waals surface area contributed by atoms with Crippen molar-refractivity contribution in [1.82, 2.24) is 15.6 Å². The molecule has 1 saturated heterocycles. The number of hydrogen-bond acceptors (Lipinski definition) is 6. The first-order chi connectivity index (χ1) is 13.7. The molecule has 0 aliphatic carbocycles. The third-order valence-electron chi connectivity index (χ3n) is 4.00. The van der Waals surface area contributed by atoms with Crippen LogP contribution in [-0.2, 0) is 14.4 Å². The number of hydrogen-bond donors (Lipinski definition) is 3. The van der Waals surface area contributed by atoms with Crippen LogP contribution >= 0.6 is 23.1 Å². The average molecular weight is 446 g/mol. The number of benzene rings is 1. The molecule has 1 fully saturated rings. The summed E-state index contributed by atoms with van der Waals surface area (Å²) in [6.07, 6.45) is -4.39. The van der Waals surface area contributed by atoms with Crippen LogP contribution in [0.4, 0.5) is 18.9 Å². The largest absolute Gasteiger partial charge is 0.389 e. The summed E-state index contributed by atoms with van der Waals surface area (Å²) in [5, 5.41) is 7.63. The summed E-state index contributed by atoms with van der Waals surface area (Å²) < 4.78 is 38.0. The van der Waals surface area contributed by atoms with Crippen LogP contribution in [0.1, 0.15) is 19.3 Å². The summed E-state index contributed by atoms with van der Waals surface area (Å²) in [6.45, 7) is -0.246. The molecule has 1 aliphatic heterocycles. The second kappa shape index (κ2) is 8.99. The SMILES string of the molecule is O=C(CNC(=O)C1CCC(=O)N1)Nc1ccc2nc(SCCC(F)(F)F)sc2c1. The Labute approximate surface area is 171 Å². The fourth-order valence-electron chi connectivity index (χ4n) is 2.60. The van der Waals surface area contributed by atoms with Crippen LogP contribution < -0.4 is 16.0 Å². The maximum absolute atomic E-state index is 12.2. The highest BCUT2D eigenvalue weighted by Crippen LogP contribution is 2.33. The van der Waals surface area contributed by atoms with Gasteiger partial charge in [-0.25, -0.2) is 4.98 Å². The zero-order chi connectivity index (χ0) is 21.0. The first kappa shape index (κ1) is 21.4. The standard InChI is InChI=1S/C17H17F3N4O3S2/c18-17(19,20)5-6-28-16-24-10-2-1-9(7-12(10)29-16)22-14(26)8-21-15(27)11-3-4-13(25)23-11/h1-2,7,11H,3-6,8H2,(H,21,27)(H,22,26)(H,23,25). The molecule has 29 heavy (non-hydrogen) atoms. The number of thiazole rings is 1. The molecular weight excluding hydrogens is 429 g/mol. The molecule has 1 aromatic carbocycles. The van der Waals surface area contributed by atoms with Crippen molar-refractivity contribution in [2.75, 3.05) is 17.6 Å². The van der Waals surface area contributed by atoms with Gasteiger partial charge in [0.1, 0.15) is 6.04 Å². The lowest BCUT2D eigenvalue weighted by atomic mass is 10.2. The highest BCUT2D eigenvalue weighted by Gasteiger charge is 2.27. The van der Waals surface area contributed by atoms with Crippen LogP contribution in [0.15, 0.2) is 22.5 Å². The van der Waals surface area contributed by atoms with Crippen LogP contribution in [0.25, 0.3) is 10.2 Å². The van der Waals surface area contributed by atoms with Gasteiger partial charge < -0.3 is 16.0 Å². The summed E-state index contributed by atoms with van der Waals surface area (Å²) in [4.78, 5) is 39.3. The highest BCUT2D eigenvalue weighted by molar-refractivity contribution is 8.01. The van der Waals surface area contributed by atoms with Gasteiger partial charge in [-0.1, -0.05) is 11.8 Å². The van der Waals surface area contributed by atoms with Crippen molar-refractivity contribution in [1.29, 1.82) is 0 Å². The Morgan fingerprint density at radius 2 is 2.14 bits per heavy atom. The third kappa shape index (κ3) is 6.32. The quantitative estimate of drug-likeness (QED) is 0.568. The van der Waals surface area contributed by atoms with E-state index >= 15 is 0 Å². The van der Waals surface area contributed by atoms with Gasteiger partial charge in [0.25, 0.3) is 0 Å². The van der Waals surface area contributed by atoms with Crippen LogP contribution in [0.3, 0.4) is 0 Å². The minimum atomic E-state index is -4.19. The number of halogens is 3. The van der Waals surface area contributed by atoms with Gasteiger partial charge in [-0.05, 0) is 24.6 Å². The van der Waals surface area contributed by atoms with Crippen LogP contribution in [0.2, 0.25) is 0 Å². The molecule has 7 nitrogen and oxygen atoms in total. The second-order valence-electron chi connectivity index (χ2n) is 6.30. The van der Waals surface area contributed by atoms with E-state index in [1.54, 1.807) is 18.2 Å². The molecule has 3 rings (SSSR count). The van der Waals surface area contributed by atoms with Crippen molar-refractivity contribution in [3.63, 3.8) is 0 Å². The van der Waals surface area contributed by atoms with E-state index in [9.17, 15) is 27.6 Å². The topological polar surface area (TPSA) is 100 Å². The van der Waals surface area contributed by atoms with Gasteiger partial charge in [-0.3, -0.25) is 14.4 Å². The number of fused-ring (bicyclic) bond motifs is 1. The Morgan fingerprint density at radius 1 is 1.34 bits per heavy atom. The van der Waals surface area contributed by atoms with E-state index in [1.165, 1.54) is 11.3 Å². The number of nitrogens with one attached hydrogen (secondary N) is 3. The molecule has 1 aliphatic rings. The molecule has 3 amide bonds. The Morgan fingerprint density at radius 3 is 2.83 bits per heavy atom. The lowest BCUT2D eigenvalue weighted by Crippen LogP contribution is -2.44. The molecule has 0 bridgehead atoms. The number of thioether (sulfide) groups is 1.